The van der Waals surface area contributed by atoms with Crippen LogP contribution in [0.4, 0.5) is 14.5 Å². The van der Waals surface area contributed by atoms with Crippen molar-refractivity contribution in [2.24, 2.45) is 0 Å². The van der Waals surface area contributed by atoms with E-state index >= 15 is 0 Å². The molecule has 1 aromatic heterocycles. The number of halogens is 2. The van der Waals surface area contributed by atoms with E-state index in [2.05, 4.69) is 11.6 Å². The lowest BCUT2D eigenvalue weighted by atomic mass is 10.1. The van der Waals surface area contributed by atoms with Crippen LogP contribution < -0.4 is 5.73 Å². The van der Waals surface area contributed by atoms with E-state index in [4.69, 9.17) is 5.73 Å². The number of rotatable bonds is 3. The summed E-state index contributed by atoms with van der Waals surface area (Å²) < 4.78 is 27.0. The second kappa shape index (κ2) is 3.96. The molecule has 2 N–H and O–H groups in total. The molecule has 0 saturated heterocycles. The molecule has 1 aromatic rings. The van der Waals surface area contributed by atoms with Crippen molar-refractivity contribution in [3.05, 3.63) is 35.7 Å². The minimum Gasteiger partial charge on any atom is -0.398 e. The van der Waals surface area contributed by atoms with Gasteiger partial charge in [-0.05, 0) is 30.5 Å². The molecule has 15 heavy (non-hydrogen) atoms. The Hall–Kier alpha value is -1.45. The quantitative estimate of drug-likeness (QED) is 0.782. The van der Waals surface area contributed by atoms with Crippen molar-refractivity contribution < 1.29 is 8.78 Å². The van der Waals surface area contributed by atoms with E-state index < -0.39 is 5.92 Å². The van der Waals surface area contributed by atoms with Gasteiger partial charge in [0.05, 0.1) is 0 Å². The zero-order chi connectivity index (χ0) is 11.6. The van der Waals surface area contributed by atoms with Gasteiger partial charge >= 0.3 is 5.92 Å². The van der Waals surface area contributed by atoms with E-state index in [1.165, 1.54) is 19.2 Å². The highest BCUT2D eigenvalue weighted by Gasteiger charge is 2.34. The summed E-state index contributed by atoms with van der Waals surface area (Å²) in [5.41, 5.74) is 6.17. The molecule has 0 bridgehead atoms. The minimum atomic E-state index is -3.11. The number of aromatic nitrogens is 1. The molecule has 0 aromatic carbocycles. The van der Waals surface area contributed by atoms with Gasteiger partial charge in [-0.1, -0.05) is 13.5 Å². The van der Waals surface area contributed by atoms with Crippen LogP contribution in [0.5, 0.6) is 0 Å². The van der Waals surface area contributed by atoms with E-state index in [-0.39, 0.29) is 11.3 Å². The number of anilines is 1. The average molecular weight is 212 g/mol. The maximum Gasteiger partial charge on any atom is 0.310 e. The Balaban J connectivity index is 3.18. The third kappa shape index (κ3) is 2.14. The van der Waals surface area contributed by atoms with Gasteiger partial charge in [-0.2, -0.15) is 8.78 Å². The number of nitrogens with two attached hydrogens (primary N) is 1. The second-order valence-corrected chi connectivity index (χ2v) is 3.48. The summed E-state index contributed by atoms with van der Waals surface area (Å²) in [5.74, 6) is -3.11. The number of aryl methyl sites for hydroxylation is 1. The number of alkyl halides is 2. The third-order valence-electron chi connectivity index (χ3n) is 2.26. The van der Waals surface area contributed by atoms with Crippen LogP contribution in [0, 0.1) is 0 Å². The van der Waals surface area contributed by atoms with Gasteiger partial charge in [-0.3, -0.25) is 4.98 Å². The molecule has 0 radical (unpaired) electrons. The van der Waals surface area contributed by atoms with Crippen molar-refractivity contribution in [1.82, 2.24) is 4.98 Å². The summed E-state index contributed by atoms with van der Waals surface area (Å²) in [4.78, 5) is 3.71. The molecule has 0 amide bonds. The summed E-state index contributed by atoms with van der Waals surface area (Å²) in [6.07, 6.45) is 2.07. The Morgan fingerprint density at radius 1 is 1.60 bits per heavy atom. The van der Waals surface area contributed by atoms with Crippen LogP contribution in [0.15, 0.2) is 24.4 Å². The lowest BCUT2D eigenvalue weighted by Gasteiger charge is -2.16. The molecule has 0 atom stereocenters. The summed E-state index contributed by atoms with van der Waals surface area (Å²) >= 11 is 0. The largest absolute Gasteiger partial charge is 0.398 e. The summed E-state index contributed by atoms with van der Waals surface area (Å²) in [5, 5.41) is 0. The number of pyridine rings is 1. The molecule has 82 valence electrons. The average Bonchev–Trinajstić information content (AvgIpc) is 2.17. The SMILES string of the molecule is C=C(C)C(F)(F)c1cc(N)c(CC)cn1. The molecule has 1 heterocycles. The Morgan fingerprint density at radius 3 is 2.60 bits per heavy atom. The number of allylic oxidation sites excluding steroid dienone is 1. The van der Waals surface area contributed by atoms with Crippen LogP contribution in [-0.4, -0.2) is 4.98 Å². The highest BCUT2D eigenvalue weighted by Crippen LogP contribution is 2.34. The summed E-state index contributed by atoms with van der Waals surface area (Å²) in [6, 6.07) is 1.22. The molecule has 0 aliphatic heterocycles. The van der Waals surface area contributed by atoms with Gasteiger partial charge in [0.15, 0.2) is 0 Å². The van der Waals surface area contributed by atoms with Crippen molar-refractivity contribution >= 4 is 5.69 Å². The zero-order valence-corrected chi connectivity index (χ0v) is 8.85. The molecule has 0 spiro atoms. The van der Waals surface area contributed by atoms with Gasteiger partial charge < -0.3 is 5.73 Å². The van der Waals surface area contributed by atoms with E-state index in [1.54, 1.807) is 0 Å². The molecule has 4 heteroatoms. The molecule has 0 unspecified atom stereocenters. The molecular formula is C11H14F2N2. The Labute approximate surface area is 87.8 Å². The molecule has 0 fully saturated rings. The normalized spacial score (nSPS) is 11.5. The number of nitrogen functional groups attached to an aromatic ring is 1. The van der Waals surface area contributed by atoms with Gasteiger partial charge in [0, 0.05) is 11.9 Å². The lowest BCUT2D eigenvalue weighted by molar-refractivity contribution is 0.0338. The predicted octanol–water partition coefficient (Wildman–Crippen LogP) is 2.89. The highest BCUT2D eigenvalue weighted by atomic mass is 19.3. The molecule has 1 rings (SSSR count). The van der Waals surface area contributed by atoms with Crippen LogP contribution in [0.25, 0.3) is 0 Å². The molecule has 2 nitrogen and oxygen atoms in total. The molecular weight excluding hydrogens is 198 g/mol. The smallest absolute Gasteiger partial charge is 0.310 e. The number of hydrogen-bond acceptors (Lipinski definition) is 2. The first-order valence-corrected chi connectivity index (χ1v) is 4.68. The van der Waals surface area contributed by atoms with Crippen LogP contribution in [-0.2, 0) is 12.3 Å². The first-order valence-electron chi connectivity index (χ1n) is 4.68. The predicted molar refractivity (Wildman–Crippen MR) is 56.7 cm³/mol. The summed E-state index contributed by atoms with van der Waals surface area (Å²) in [6.45, 7) is 6.41. The van der Waals surface area contributed by atoms with Gasteiger partial charge in [0.2, 0.25) is 0 Å². The summed E-state index contributed by atoms with van der Waals surface area (Å²) in [7, 11) is 0. The number of hydrogen-bond donors (Lipinski definition) is 1. The fourth-order valence-corrected chi connectivity index (χ4v) is 1.19. The zero-order valence-electron chi connectivity index (χ0n) is 8.85. The maximum absolute atomic E-state index is 13.5. The first-order chi connectivity index (χ1) is 6.89. The molecule has 0 saturated carbocycles. The van der Waals surface area contributed by atoms with Crippen molar-refractivity contribution in [3.63, 3.8) is 0 Å². The Kier molecular flexibility index (Phi) is 3.07. The van der Waals surface area contributed by atoms with Gasteiger partial charge in [-0.25, -0.2) is 0 Å². The van der Waals surface area contributed by atoms with Gasteiger partial charge in [0.25, 0.3) is 0 Å². The number of nitrogens with zero attached hydrogens (tertiary/aromatic N) is 1. The Morgan fingerprint density at radius 2 is 2.20 bits per heavy atom. The van der Waals surface area contributed by atoms with Crippen molar-refractivity contribution in [2.45, 2.75) is 26.2 Å². The fourth-order valence-electron chi connectivity index (χ4n) is 1.19. The van der Waals surface area contributed by atoms with Crippen LogP contribution in [0.1, 0.15) is 25.1 Å². The van der Waals surface area contributed by atoms with Crippen LogP contribution in [0.3, 0.4) is 0 Å². The monoisotopic (exact) mass is 212 g/mol. The van der Waals surface area contributed by atoms with E-state index in [0.29, 0.717) is 12.1 Å². The van der Waals surface area contributed by atoms with E-state index in [0.717, 1.165) is 5.56 Å². The van der Waals surface area contributed by atoms with E-state index in [9.17, 15) is 8.78 Å². The Bertz CT molecular complexity index is 386. The van der Waals surface area contributed by atoms with Crippen molar-refractivity contribution in [1.29, 1.82) is 0 Å². The van der Waals surface area contributed by atoms with Crippen LogP contribution >= 0.6 is 0 Å². The van der Waals surface area contributed by atoms with Gasteiger partial charge in [0.1, 0.15) is 5.69 Å². The fraction of sp³-hybridized carbons (Fsp3) is 0.364. The standard InChI is InChI=1S/C11H14F2N2/c1-4-8-6-15-10(5-9(8)14)11(12,13)7(2)3/h5-6H,2,4H2,1,3H3,(H2,14,15). The van der Waals surface area contributed by atoms with Crippen molar-refractivity contribution in [2.75, 3.05) is 5.73 Å². The lowest BCUT2D eigenvalue weighted by Crippen LogP contribution is -2.17. The second-order valence-electron chi connectivity index (χ2n) is 3.48. The third-order valence-corrected chi connectivity index (χ3v) is 2.26. The maximum atomic E-state index is 13.5. The van der Waals surface area contributed by atoms with Crippen LogP contribution in [0.2, 0.25) is 0 Å². The highest BCUT2D eigenvalue weighted by molar-refractivity contribution is 5.47. The van der Waals surface area contributed by atoms with E-state index in [1.807, 2.05) is 6.92 Å². The van der Waals surface area contributed by atoms with Gasteiger partial charge in [-0.15, -0.1) is 0 Å². The minimum absolute atomic E-state index is 0.237. The van der Waals surface area contributed by atoms with Crippen molar-refractivity contribution in [3.8, 4) is 0 Å². The molecule has 0 aliphatic rings. The molecule has 0 aliphatic carbocycles. The topological polar surface area (TPSA) is 38.9 Å². The first kappa shape index (κ1) is 11.6.